The van der Waals surface area contributed by atoms with Gasteiger partial charge in [0.25, 0.3) is 0 Å². The van der Waals surface area contributed by atoms with Crippen molar-refractivity contribution >= 4 is 35.5 Å². The van der Waals surface area contributed by atoms with Crippen molar-refractivity contribution in [3.8, 4) is 5.75 Å². The molecule has 216 valence electrons. The number of esters is 1. The lowest BCUT2D eigenvalue weighted by molar-refractivity contribution is -0.151. The summed E-state index contributed by atoms with van der Waals surface area (Å²) in [6.07, 6.45) is 2.56. The van der Waals surface area contributed by atoms with E-state index in [1.807, 2.05) is 12.1 Å². The van der Waals surface area contributed by atoms with Crippen LogP contribution in [0.4, 0.5) is 5.69 Å². The zero-order valence-electron chi connectivity index (χ0n) is 22.7. The van der Waals surface area contributed by atoms with Crippen LogP contribution >= 0.6 is 0 Å². The average Bonchev–Trinajstić information content (AvgIpc) is 2.96. The first-order chi connectivity index (χ1) is 20.1. The normalized spacial score (nSPS) is 17.4. The molecule has 0 radical (unpaired) electrons. The van der Waals surface area contributed by atoms with E-state index in [1.54, 1.807) is 36.4 Å². The van der Waals surface area contributed by atoms with E-state index in [4.69, 9.17) is 16.2 Å². The fourth-order valence-electron chi connectivity index (χ4n) is 5.68. The van der Waals surface area contributed by atoms with Crippen LogP contribution in [-0.4, -0.2) is 50.9 Å². The summed E-state index contributed by atoms with van der Waals surface area (Å²) in [4.78, 5) is 55.0. The van der Waals surface area contributed by atoms with E-state index in [-0.39, 0.29) is 42.7 Å². The summed E-state index contributed by atoms with van der Waals surface area (Å²) < 4.78 is 5.59. The molecule has 2 atom stereocenters. The number of carbonyl (C=O) groups excluding carboxylic acids is 2. The molecule has 5 rings (SSSR count). The van der Waals surface area contributed by atoms with E-state index in [0.29, 0.717) is 22.6 Å². The van der Waals surface area contributed by atoms with Gasteiger partial charge in [0.05, 0.1) is 16.8 Å². The quantitative estimate of drug-likeness (QED) is 0.143. The summed E-state index contributed by atoms with van der Waals surface area (Å²) in [6, 6.07) is 15.2. The smallest absolute Gasteiger partial charge is 0.343 e. The third kappa shape index (κ3) is 6.09. The minimum absolute atomic E-state index is 0.0354. The summed E-state index contributed by atoms with van der Waals surface area (Å²) >= 11 is 0. The maximum Gasteiger partial charge on any atom is 0.343 e. The molecular weight excluding hydrogens is 540 g/mol. The Kier molecular flexibility index (Phi) is 7.92. The molecular formula is C31H30N4O7. The molecule has 11 nitrogen and oxygen atoms in total. The van der Waals surface area contributed by atoms with Crippen LogP contribution in [-0.2, 0) is 29.0 Å². The lowest BCUT2D eigenvalue weighted by Crippen LogP contribution is -2.49. The Hall–Kier alpha value is -5.19. The second-order valence-corrected chi connectivity index (χ2v) is 10.5. The Labute approximate surface area is 241 Å². The minimum atomic E-state index is -1.10. The molecule has 3 aromatic carbocycles. The zero-order valence-corrected chi connectivity index (χ0v) is 22.7. The van der Waals surface area contributed by atoms with Crippen LogP contribution in [0.15, 0.2) is 65.7 Å². The zero-order chi connectivity index (χ0) is 30.0. The number of aryl methyl sites for hydroxylation is 1. The number of guanidine groups is 1. The monoisotopic (exact) mass is 570 g/mol. The van der Waals surface area contributed by atoms with E-state index >= 15 is 0 Å². The van der Waals surface area contributed by atoms with Gasteiger partial charge >= 0.3 is 17.9 Å². The third-order valence-corrected chi connectivity index (χ3v) is 7.73. The van der Waals surface area contributed by atoms with Gasteiger partial charge in [0.2, 0.25) is 5.91 Å². The second kappa shape index (κ2) is 11.7. The molecule has 1 unspecified atom stereocenters. The van der Waals surface area contributed by atoms with Crippen molar-refractivity contribution in [1.29, 1.82) is 0 Å². The van der Waals surface area contributed by atoms with Gasteiger partial charge in [-0.25, -0.2) is 19.4 Å². The highest BCUT2D eigenvalue weighted by Crippen LogP contribution is 2.37. The van der Waals surface area contributed by atoms with Crippen molar-refractivity contribution in [1.82, 2.24) is 4.90 Å². The summed E-state index contributed by atoms with van der Waals surface area (Å²) in [5.74, 6) is -2.85. The van der Waals surface area contributed by atoms with E-state index in [0.717, 1.165) is 36.0 Å². The Morgan fingerprint density at radius 3 is 2.33 bits per heavy atom. The Bertz CT molecular complexity index is 1600. The number of nitrogens with zero attached hydrogens (tertiary/aromatic N) is 2. The largest absolute Gasteiger partial charge is 0.480 e. The van der Waals surface area contributed by atoms with Crippen LogP contribution in [0.2, 0.25) is 0 Å². The number of nitrogens with two attached hydrogens (primary N) is 2. The number of ether oxygens (including phenoxy) is 1. The third-order valence-electron chi connectivity index (χ3n) is 7.73. The molecule has 1 heterocycles. The van der Waals surface area contributed by atoms with Crippen LogP contribution in [0.5, 0.6) is 5.75 Å². The first kappa shape index (κ1) is 28.3. The van der Waals surface area contributed by atoms with Crippen molar-refractivity contribution in [2.75, 3.05) is 0 Å². The molecule has 1 aliphatic heterocycles. The topological polar surface area (TPSA) is 186 Å². The van der Waals surface area contributed by atoms with Crippen LogP contribution in [0.3, 0.4) is 0 Å². The molecule has 6 N–H and O–H groups in total. The highest BCUT2D eigenvalue weighted by atomic mass is 16.5. The molecule has 1 amide bonds. The number of carbonyl (C=O) groups is 4. The fraction of sp³-hybridized carbons (Fsp3) is 0.258. The number of hydrogen-bond donors (Lipinski definition) is 4. The Morgan fingerprint density at radius 1 is 0.905 bits per heavy atom. The number of carboxylic acid groups (broad SMARTS) is 2. The van der Waals surface area contributed by atoms with Gasteiger partial charge in [-0.15, -0.1) is 0 Å². The molecule has 2 aliphatic rings. The van der Waals surface area contributed by atoms with E-state index in [1.165, 1.54) is 17.0 Å². The summed E-state index contributed by atoms with van der Waals surface area (Å²) in [5, 5.41) is 19.2. The number of fused-ring (bicyclic) bond motifs is 2. The van der Waals surface area contributed by atoms with Gasteiger partial charge in [-0.05, 0) is 96.0 Å². The lowest BCUT2D eigenvalue weighted by Gasteiger charge is -2.36. The summed E-state index contributed by atoms with van der Waals surface area (Å²) in [6.45, 7) is 0.0354. The summed E-state index contributed by atoms with van der Waals surface area (Å²) in [7, 11) is 0. The minimum Gasteiger partial charge on any atom is -0.480 e. The van der Waals surface area contributed by atoms with Gasteiger partial charge in [0.1, 0.15) is 11.8 Å². The molecule has 0 fully saturated rings. The van der Waals surface area contributed by atoms with Gasteiger partial charge in [-0.2, -0.15) is 0 Å². The van der Waals surface area contributed by atoms with Crippen molar-refractivity contribution < 1.29 is 34.1 Å². The van der Waals surface area contributed by atoms with E-state index < -0.39 is 23.9 Å². The average molecular weight is 571 g/mol. The molecule has 0 spiro atoms. The number of rotatable bonds is 7. The maximum atomic E-state index is 13.5. The standard InChI is InChI=1S/C31H30N4O7/c32-31(33)34-23-8-6-17(7-9-23)30(41)42-24-10-11-25-19(13-24)2-1-3-20(25)15-27(36)35-16-22-12-21(28(37)38)5-4-18(22)14-26(35)29(39)40/h4-13,20,26H,1-3,14-16H2,(H,37,38)(H,39,40)(H4,32,33,34)/t20?,26-/m1/s1. The van der Waals surface area contributed by atoms with Crippen LogP contribution in [0.1, 0.15) is 68.2 Å². The molecule has 0 bridgehead atoms. The van der Waals surface area contributed by atoms with Crippen molar-refractivity contribution in [3.05, 3.63) is 94.0 Å². The van der Waals surface area contributed by atoms with Gasteiger partial charge in [-0.3, -0.25) is 4.79 Å². The van der Waals surface area contributed by atoms with Gasteiger partial charge in [0.15, 0.2) is 5.96 Å². The number of hydrogen-bond acceptors (Lipinski definition) is 6. The summed E-state index contributed by atoms with van der Waals surface area (Å²) in [5.41, 5.74) is 15.0. The first-order valence-electron chi connectivity index (χ1n) is 13.5. The van der Waals surface area contributed by atoms with E-state index in [9.17, 15) is 29.4 Å². The Balaban J connectivity index is 1.30. The van der Waals surface area contributed by atoms with Crippen LogP contribution in [0, 0.1) is 0 Å². The number of amides is 1. The molecule has 0 aromatic heterocycles. The molecule has 11 heteroatoms. The second-order valence-electron chi connectivity index (χ2n) is 10.5. The number of benzene rings is 3. The first-order valence-corrected chi connectivity index (χ1v) is 13.5. The molecule has 3 aromatic rings. The predicted molar refractivity (Wildman–Crippen MR) is 153 cm³/mol. The molecule has 42 heavy (non-hydrogen) atoms. The predicted octanol–water partition coefficient (Wildman–Crippen LogP) is 3.36. The molecule has 1 aliphatic carbocycles. The van der Waals surface area contributed by atoms with Gasteiger partial charge < -0.3 is 31.3 Å². The SMILES string of the molecule is NC(N)=Nc1ccc(C(=O)Oc2ccc3c(c2)CCCC3CC(=O)N2Cc3cc(C(=O)O)ccc3C[C@@H]2C(=O)O)cc1. The number of aromatic carboxylic acids is 1. The van der Waals surface area contributed by atoms with Gasteiger partial charge in [0, 0.05) is 19.4 Å². The highest BCUT2D eigenvalue weighted by Gasteiger charge is 2.36. The van der Waals surface area contributed by atoms with Crippen LogP contribution in [0.25, 0.3) is 0 Å². The van der Waals surface area contributed by atoms with Crippen molar-refractivity contribution in [2.45, 2.75) is 50.6 Å². The number of aliphatic imine (C=N–C) groups is 1. The number of aliphatic carboxylic acids is 1. The van der Waals surface area contributed by atoms with Gasteiger partial charge in [-0.1, -0.05) is 12.1 Å². The fourth-order valence-corrected chi connectivity index (χ4v) is 5.68. The van der Waals surface area contributed by atoms with Crippen LogP contribution < -0.4 is 16.2 Å². The number of carboxylic acids is 2. The molecule has 0 saturated carbocycles. The van der Waals surface area contributed by atoms with Crippen molar-refractivity contribution in [3.63, 3.8) is 0 Å². The van der Waals surface area contributed by atoms with E-state index in [2.05, 4.69) is 4.99 Å². The Morgan fingerprint density at radius 2 is 1.64 bits per heavy atom. The lowest BCUT2D eigenvalue weighted by atomic mass is 9.80. The highest BCUT2D eigenvalue weighted by molar-refractivity contribution is 5.92. The molecule has 0 saturated heterocycles. The van der Waals surface area contributed by atoms with Crippen molar-refractivity contribution in [2.24, 2.45) is 16.5 Å². The maximum absolute atomic E-state index is 13.5.